The standard InChI is InChI=1S/C19H18O/c20-18-12-17(13-6-2-1-3-7-13)16-11-10-14-8-4-5-9-15(14)19(16)18/h1-9,16-17,19H,10-12H2. The van der Waals surface area contributed by atoms with E-state index >= 15 is 0 Å². The number of Topliss-reactive ketones (excluding diaryl/α,β-unsaturated/α-hetero) is 1. The van der Waals surface area contributed by atoms with Crippen molar-refractivity contribution in [3.05, 3.63) is 71.3 Å². The molecule has 0 heterocycles. The van der Waals surface area contributed by atoms with Crippen LogP contribution in [0.3, 0.4) is 0 Å². The van der Waals surface area contributed by atoms with Crippen molar-refractivity contribution in [1.29, 1.82) is 0 Å². The summed E-state index contributed by atoms with van der Waals surface area (Å²) in [5.41, 5.74) is 4.02. The fraction of sp³-hybridized carbons (Fsp3) is 0.316. The molecule has 1 nitrogen and oxygen atoms in total. The molecule has 100 valence electrons. The third-order valence-electron chi connectivity index (χ3n) is 5.08. The fourth-order valence-electron chi connectivity index (χ4n) is 4.19. The quantitative estimate of drug-likeness (QED) is 0.756. The van der Waals surface area contributed by atoms with Gasteiger partial charge in [-0.3, -0.25) is 4.79 Å². The molecule has 20 heavy (non-hydrogen) atoms. The zero-order valence-electron chi connectivity index (χ0n) is 11.5. The first-order valence-corrected chi connectivity index (χ1v) is 7.50. The third-order valence-corrected chi connectivity index (χ3v) is 5.08. The van der Waals surface area contributed by atoms with Crippen LogP contribution in [0.2, 0.25) is 0 Å². The number of fused-ring (bicyclic) bond motifs is 3. The van der Waals surface area contributed by atoms with E-state index in [4.69, 9.17) is 0 Å². The summed E-state index contributed by atoms with van der Waals surface area (Å²) in [6.45, 7) is 0. The summed E-state index contributed by atoms with van der Waals surface area (Å²) in [5.74, 6) is 1.50. The van der Waals surface area contributed by atoms with Gasteiger partial charge in [0.05, 0.1) is 0 Å². The van der Waals surface area contributed by atoms with Crippen LogP contribution in [0.1, 0.15) is 41.4 Å². The number of hydrogen-bond acceptors (Lipinski definition) is 1. The maximum atomic E-state index is 12.6. The van der Waals surface area contributed by atoms with Crippen LogP contribution in [0.5, 0.6) is 0 Å². The Labute approximate surface area is 119 Å². The summed E-state index contributed by atoms with van der Waals surface area (Å²) in [7, 11) is 0. The van der Waals surface area contributed by atoms with E-state index in [-0.39, 0.29) is 5.92 Å². The van der Waals surface area contributed by atoms with Gasteiger partial charge in [-0.25, -0.2) is 0 Å². The van der Waals surface area contributed by atoms with Crippen molar-refractivity contribution in [1.82, 2.24) is 0 Å². The molecule has 2 aromatic rings. The number of carbonyl (C=O) groups excluding carboxylic acids is 1. The normalized spacial score (nSPS) is 28.0. The van der Waals surface area contributed by atoms with Gasteiger partial charge in [0.1, 0.15) is 5.78 Å². The largest absolute Gasteiger partial charge is 0.299 e. The Kier molecular flexibility index (Phi) is 2.73. The first-order chi connectivity index (χ1) is 9.84. The molecule has 2 aromatic carbocycles. The Bertz CT molecular complexity index is 644. The minimum Gasteiger partial charge on any atom is -0.299 e. The zero-order chi connectivity index (χ0) is 13.5. The van der Waals surface area contributed by atoms with Crippen LogP contribution in [0.15, 0.2) is 54.6 Å². The molecular formula is C19H18O. The molecular weight excluding hydrogens is 244 g/mol. The van der Waals surface area contributed by atoms with Gasteiger partial charge < -0.3 is 0 Å². The average Bonchev–Trinajstić information content (AvgIpc) is 2.86. The molecule has 0 amide bonds. The number of hydrogen-bond donors (Lipinski definition) is 0. The first-order valence-electron chi connectivity index (χ1n) is 7.50. The van der Waals surface area contributed by atoms with Gasteiger partial charge in [-0.05, 0) is 41.4 Å². The lowest BCUT2D eigenvalue weighted by Gasteiger charge is -2.30. The highest BCUT2D eigenvalue weighted by molar-refractivity contribution is 5.90. The summed E-state index contributed by atoms with van der Waals surface area (Å²) in [5, 5.41) is 0. The van der Waals surface area contributed by atoms with Gasteiger partial charge in [-0.15, -0.1) is 0 Å². The van der Waals surface area contributed by atoms with Gasteiger partial charge in [-0.1, -0.05) is 54.6 Å². The van der Waals surface area contributed by atoms with Crippen molar-refractivity contribution in [2.45, 2.75) is 31.1 Å². The van der Waals surface area contributed by atoms with E-state index in [1.54, 1.807) is 0 Å². The van der Waals surface area contributed by atoms with Gasteiger partial charge in [0.15, 0.2) is 0 Å². The van der Waals surface area contributed by atoms with Crippen LogP contribution in [-0.4, -0.2) is 5.78 Å². The van der Waals surface area contributed by atoms with Gasteiger partial charge in [0.25, 0.3) is 0 Å². The van der Waals surface area contributed by atoms with Crippen LogP contribution >= 0.6 is 0 Å². The molecule has 3 atom stereocenters. The molecule has 1 heteroatoms. The minimum absolute atomic E-state index is 0.144. The summed E-state index contributed by atoms with van der Waals surface area (Å²) < 4.78 is 0. The van der Waals surface area contributed by atoms with Crippen molar-refractivity contribution in [2.75, 3.05) is 0 Å². The Morgan fingerprint density at radius 2 is 1.65 bits per heavy atom. The molecule has 2 aliphatic rings. The van der Waals surface area contributed by atoms with Crippen LogP contribution in [-0.2, 0) is 11.2 Å². The molecule has 3 unspecified atom stereocenters. The van der Waals surface area contributed by atoms with Crippen LogP contribution in [0, 0.1) is 5.92 Å². The Morgan fingerprint density at radius 1 is 0.900 bits per heavy atom. The van der Waals surface area contributed by atoms with Gasteiger partial charge in [0, 0.05) is 12.3 Å². The maximum Gasteiger partial charge on any atom is 0.141 e. The molecule has 0 aromatic heterocycles. The highest BCUT2D eigenvalue weighted by atomic mass is 16.1. The number of rotatable bonds is 1. The van der Waals surface area contributed by atoms with Crippen molar-refractivity contribution in [3.8, 4) is 0 Å². The van der Waals surface area contributed by atoms with E-state index < -0.39 is 0 Å². The van der Waals surface area contributed by atoms with Crippen LogP contribution in [0.4, 0.5) is 0 Å². The predicted molar refractivity (Wildman–Crippen MR) is 79.8 cm³/mol. The highest BCUT2D eigenvalue weighted by Crippen LogP contribution is 2.51. The lowest BCUT2D eigenvalue weighted by atomic mass is 9.73. The minimum atomic E-state index is 0.144. The second kappa shape index (κ2) is 4.59. The average molecular weight is 262 g/mol. The molecule has 0 N–H and O–H groups in total. The molecule has 4 rings (SSSR count). The smallest absolute Gasteiger partial charge is 0.141 e. The van der Waals surface area contributed by atoms with E-state index in [0.717, 1.165) is 12.8 Å². The molecule has 0 radical (unpaired) electrons. The van der Waals surface area contributed by atoms with Crippen molar-refractivity contribution in [3.63, 3.8) is 0 Å². The molecule has 1 fully saturated rings. The molecule has 2 aliphatic carbocycles. The fourth-order valence-corrected chi connectivity index (χ4v) is 4.19. The van der Waals surface area contributed by atoms with E-state index in [1.165, 1.54) is 16.7 Å². The van der Waals surface area contributed by atoms with E-state index in [9.17, 15) is 4.79 Å². The number of benzene rings is 2. The second-order valence-corrected chi connectivity index (χ2v) is 6.07. The number of carbonyl (C=O) groups is 1. The number of ketones is 1. The van der Waals surface area contributed by atoms with Gasteiger partial charge in [0.2, 0.25) is 0 Å². The summed E-state index contributed by atoms with van der Waals surface area (Å²) >= 11 is 0. The van der Waals surface area contributed by atoms with Crippen LogP contribution < -0.4 is 0 Å². The van der Waals surface area contributed by atoms with Crippen molar-refractivity contribution in [2.24, 2.45) is 5.92 Å². The Hall–Kier alpha value is -1.89. The molecule has 0 bridgehead atoms. The van der Waals surface area contributed by atoms with Gasteiger partial charge in [-0.2, -0.15) is 0 Å². The first kappa shape index (κ1) is 11.9. The predicted octanol–water partition coefficient (Wildman–Crippen LogP) is 4.09. The van der Waals surface area contributed by atoms with Crippen LogP contribution in [0.25, 0.3) is 0 Å². The highest BCUT2D eigenvalue weighted by Gasteiger charge is 2.45. The Balaban J connectivity index is 1.76. The van der Waals surface area contributed by atoms with Gasteiger partial charge >= 0.3 is 0 Å². The zero-order valence-corrected chi connectivity index (χ0v) is 11.5. The summed E-state index contributed by atoms with van der Waals surface area (Å²) in [6.07, 6.45) is 2.98. The third kappa shape index (κ3) is 1.73. The lowest BCUT2D eigenvalue weighted by Crippen LogP contribution is -2.22. The molecule has 0 aliphatic heterocycles. The SMILES string of the molecule is O=C1CC(c2ccccc2)C2CCc3ccccc3C12. The van der Waals surface area contributed by atoms with Crippen molar-refractivity contribution < 1.29 is 4.79 Å². The Morgan fingerprint density at radius 3 is 2.50 bits per heavy atom. The number of aryl methyl sites for hydroxylation is 1. The maximum absolute atomic E-state index is 12.6. The van der Waals surface area contributed by atoms with E-state index in [0.29, 0.717) is 24.0 Å². The topological polar surface area (TPSA) is 17.1 Å². The van der Waals surface area contributed by atoms with E-state index in [1.807, 2.05) is 6.07 Å². The van der Waals surface area contributed by atoms with Crippen molar-refractivity contribution >= 4 is 5.78 Å². The molecule has 1 saturated carbocycles. The molecule has 0 saturated heterocycles. The molecule has 0 spiro atoms. The monoisotopic (exact) mass is 262 g/mol. The van der Waals surface area contributed by atoms with E-state index in [2.05, 4.69) is 48.5 Å². The lowest BCUT2D eigenvalue weighted by molar-refractivity contribution is -0.119. The summed E-state index contributed by atoms with van der Waals surface area (Å²) in [6, 6.07) is 19.1. The second-order valence-electron chi connectivity index (χ2n) is 6.07. The summed E-state index contributed by atoms with van der Waals surface area (Å²) in [4.78, 5) is 12.6.